The number of aromatic nitrogens is 4. The van der Waals surface area contributed by atoms with Crippen LogP contribution in [0.25, 0.3) is 0 Å². The van der Waals surface area contributed by atoms with Gasteiger partial charge in [-0.15, -0.1) is 0 Å². The first-order valence-electron chi connectivity index (χ1n) is 1.70. The standard InChI is InChI=1S/C2H2N4S2.Co/c7-1-3-5-2(8)6-4-1;/h(H,3,4,7)(H,5,6,8);/q;+2/p-2. The maximum absolute atomic E-state index is 4.48. The molecule has 0 aromatic carbocycles. The fourth-order valence-corrected chi connectivity index (χ4v) is 0.374. The van der Waals surface area contributed by atoms with Crippen LogP contribution >= 0.6 is 0 Å². The molecule has 4 nitrogen and oxygen atoms in total. The molecule has 0 aliphatic carbocycles. The van der Waals surface area contributed by atoms with Crippen LogP contribution in [0.2, 0.25) is 0 Å². The molecule has 0 saturated heterocycles. The van der Waals surface area contributed by atoms with Crippen molar-refractivity contribution in [2.75, 3.05) is 0 Å². The number of rotatable bonds is 0. The van der Waals surface area contributed by atoms with Crippen LogP contribution in [0.15, 0.2) is 10.3 Å². The van der Waals surface area contributed by atoms with E-state index >= 15 is 0 Å². The summed E-state index contributed by atoms with van der Waals surface area (Å²) in [5.41, 5.74) is 0. The van der Waals surface area contributed by atoms with Crippen molar-refractivity contribution in [1.82, 2.24) is 20.4 Å². The Morgan fingerprint density at radius 3 is 1.22 bits per heavy atom. The minimum atomic E-state index is 0. The first kappa shape index (κ1) is 8.89. The smallest absolute Gasteiger partial charge is 0.736 e. The topological polar surface area (TPSA) is 51.6 Å². The van der Waals surface area contributed by atoms with Crippen molar-refractivity contribution in [1.29, 1.82) is 0 Å². The number of hydrogen-bond donors (Lipinski definition) is 0. The summed E-state index contributed by atoms with van der Waals surface area (Å²) in [6.07, 6.45) is 0. The first-order valence-corrected chi connectivity index (χ1v) is 2.52. The Kier molecular flexibility index (Phi) is 3.78. The van der Waals surface area contributed by atoms with Gasteiger partial charge in [0.25, 0.3) is 0 Å². The van der Waals surface area contributed by atoms with Crippen molar-refractivity contribution in [2.24, 2.45) is 0 Å². The minimum absolute atomic E-state index is 0. The summed E-state index contributed by atoms with van der Waals surface area (Å²) >= 11 is 8.96. The van der Waals surface area contributed by atoms with Gasteiger partial charge >= 0.3 is 16.8 Å². The molecule has 0 amide bonds. The molecule has 1 aromatic rings. The van der Waals surface area contributed by atoms with E-state index in [1.807, 2.05) is 0 Å². The fourth-order valence-electron chi connectivity index (χ4n) is 0.211. The van der Waals surface area contributed by atoms with Gasteiger partial charge in [0, 0.05) is 0 Å². The molecular weight excluding hydrogens is 203 g/mol. The molecule has 0 aliphatic rings. The van der Waals surface area contributed by atoms with E-state index in [2.05, 4.69) is 45.7 Å². The molecule has 1 rings (SSSR count). The molecular formula is C2CoN4S2. The molecule has 0 aliphatic heterocycles. The summed E-state index contributed by atoms with van der Waals surface area (Å²) in [6.45, 7) is 0. The van der Waals surface area contributed by atoms with Gasteiger partial charge in [0.1, 0.15) is 0 Å². The summed E-state index contributed by atoms with van der Waals surface area (Å²) in [7, 11) is 0. The molecule has 0 bridgehead atoms. The fraction of sp³-hybridized carbons (Fsp3) is 0. The monoisotopic (exact) mass is 203 g/mol. The van der Waals surface area contributed by atoms with Crippen molar-refractivity contribution in [3.05, 3.63) is 0 Å². The summed E-state index contributed by atoms with van der Waals surface area (Å²) in [6, 6.07) is 0. The van der Waals surface area contributed by atoms with Crippen molar-refractivity contribution in [3.8, 4) is 0 Å². The molecule has 0 N–H and O–H groups in total. The summed E-state index contributed by atoms with van der Waals surface area (Å²) in [4.78, 5) is 0. The third-order valence-corrected chi connectivity index (χ3v) is 0.769. The van der Waals surface area contributed by atoms with Gasteiger partial charge in [-0.3, -0.25) is 0 Å². The van der Waals surface area contributed by atoms with Crippen LogP contribution in [0.4, 0.5) is 0 Å². The number of hydrogen-bond acceptors (Lipinski definition) is 6. The van der Waals surface area contributed by atoms with Gasteiger partial charge in [0.15, 0.2) is 0 Å². The average Bonchev–Trinajstić information content (AvgIpc) is 1.77. The molecule has 49 valence electrons. The van der Waals surface area contributed by atoms with Crippen LogP contribution in [0.1, 0.15) is 0 Å². The van der Waals surface area contributed by atoms with Gasteiger partial charge in [-0.2, -0.15) is 20.4 Å². The van der Waals surface area contributed by atoms with E-state index in [9.17, 15) is 0 Å². The van der Waals surface area contributed by atoms with Gasteiger partial charge in [0.05, 0.1) is 10.3 Å². The molecule has 1 aromatic heterocycles. The molecule has 9 heavy (non-hydrogen) atoms. The summed E-state index contributed by atoms with van der Waals surface area (Å²) < 4.78 is 0. The Hall–Kier alpha value is -0.114. The van der Waals surface area contributed by atoms with E-state index in [1.54, 1.807) is 0 Å². The van der Waals surface area contributed by atoms with Crippen LogP contribution in [-0.4, -0.2) is 20.4 Å². The van der Waals surface area contributed by atoms with E-state index in [0.717, 1.165) is 0 Å². The van der Waals surface area contributed by atoms with Crippen LogP contribution in [0, 0.1) is 0 Å². The zero-order valence-electron chi connectivity index (χ0n) is 3.94. The molecule has 7 heteroatoms. The number of nitrogens with zero attached hydrogens (tertiary/aromatic N) is 4. The van der Waals surface area contributed by atoms with E-state index in [1.165, 1.54) is 0 Å². The van der Waals surface area contributed by atoms with E-state index in [0.29, 0.717) is 0 Å². The van der Waals surface area contributed by atoms with Crippen LogP contribution < -0.4 is 0 Å². The SMILES string of the molecule is [Co+2].[S-]c1nnc([S-])nn1. The second-order valence-corrected chi connectivity index (χ2v) is 1.70. The first-order chi connectivity index (χ1) is 3.79. The molecule has 0 atom stereocenters. The Labute approximate surface area is 72.9 Å². The van der Waals surface area contributed by atoms with Crippen molar-refractivity contribution in [3.63, 3.8) is 0 Å². The Morgan fingerprint density at radius 2 is 1.00 bits per heavy atom. The third-order valence-electron chi connectivity index (χ3n) is 0.442. The zero-order chi connectivity index (χ0) is 5.98. The third kappa shape index (κ3) is 2.80. The van der Waals surface area contributed by atoms with Gasteiger partial charge in [0.2, 0.25) is 0 Å². The van der Waals surface area contributed by atoms with E-state index in [4.69, 9.17) is 0 Å². The maximum atomic E-state index is 4.48. The normalized spacial score (nSPS) is 8.00. The molecule has 1 radical (unpaired) electrons. The van der Waals surface area contributed by atoms with E-state index < -0.39 is 0 Å². The van der Waals surface area contributed by atoms with Crippen LogP contribution in [0.3, 0.4) is 0 Å². The van der Waals surface area contributed by atoms with Gasteiger partial charge in [-0.05, 0) is 0 Å². The van der Waals surface area contributed by atoms with Gasteiger partial charge < -0.3 is 25.3 Å². The largest absolute Gasteiger partial charge is 2.00 e. The van der Waals surface area contributed by atoms with Gasteiger partial charge in [-0.1, -0.05) is 0 Å². The Bertz CT molecular complexity index is 155. The predicted molar refractivity (Wildman–Crippen MR) is 28.9 cm³/mol. The maximum Gasteiger partial charge on any atom is 2.00 e. The average molecular weight is 203 g/mol. The Balaban J connectivity index is 0.000000640. The Morgan fingerprint density at radius 1 is 0.778 bits per heavy atom. The van der Waals surface area contributed by atoms with Crippen molar-refractivity contribution >= 4 is 25.3 Å². The summed E-state index contributed by atoms with van der Waals surface area (Å²) in [5, 5.41) is 13.7. The van der Waals surface area contributed by atoms with Crippen molar-refractivity contribution < 1.29 is 16.8 Å². The van der Waals surface area contributed by atoms with Crippen LogP contribution in [-0.2, 0) is 42.0 Å². The summed E-state index contributed by atoms with van der Waals surface area (Å²) in [5.74, 6) is 0. The van der Waals surface area contributed by atoms with Crippen molar-refractivity contribution in [2.45, 2.75) is 10.3 Å². The quantitative estimate of drug-likeness (QED) is 0.508. The molecule has 0 unspecified atom stereocenters. The second-order valence-electron chi connectivity index (χ2n) is 0.965. The molecule has 1 heterocycles. The molecule has 0 spiro atoms. The molecule has 0 saturated carbocycles. The molecule has 0 fully saturated rings. The predicted octanol–water partition coefficient (Wildman–Crippen LogP) is -0.924. The van der Waals surface area contributed by atoms with Crippen LogP contribution in [0.5, 0.6) is 0 Å². The van der Waals surface area contributed by atoms with Gasteiger partial charge in [-0.25, -0.2) is 0 Å². The zero-order valence-corrected chi connectivity index (χ0v) is 6.61. The minimum Gasteiger partial charge on any atom is -0.736 e. The second kappa shape index (κ2) is 3.83. The van der Waals surface area contributed by atoms with E-state index in [-0.39, 0.29) is 27.1 Å².